The van der Waals surface area contributed by atoms with Gasteiger partial charge in [0.1, 0.15) is 11.3 Å². The van der Waals surface area contributed by atoms with Crippen LogP contribution in [0.2, 0.25) is 0 Å². The first-order valence-corrected chi connectivity index (χ1v) is 8.60. The predicted molar refractivity (Wildman–Crippen MR) is 97.0 cm³/mol. The summed E-state index contributed by atoms with van der Waals surface area (Å²) < 4.78 is 0. The lowest BCUT2D eigenvalue weighted by molar-refractivity contribution is 0.0693. The Morgan fingerprint density at radius 3 is 2.33 bits per heavy atom. The fraction of sp³-hybridized carbons (Fsp3) is 0.381. The monoisotopic (exact) mass is 326 g/mol. The summed E-state index contributed by atoms with van der Waals surface area (Å²) in [7, 11) is 0. The highest BCUT2D eigenvalue weighted by Crippen LogP contribution is 2.36. The van der Waals surface area contributed by atoms with Crippen molar-refractivity contribution in [2.45, 2.75) is 51.9 Å². The van der Waals surface area contributed by atoms with Gasteiger partial charge in [0.15, 0.2) is 0 Å². The Morgan fingerprint density at radius 1 is 1.08 bits per heavy atom. The van der Waals surface area contributed by atoms with Gasteiger partial charge in [-0.2, -0.15) is 0 Å². The minimum atomic E-state index is -1.08. The molecule has 2 rings (SSSR count). The van der Waals surface area contributed by atoms with Gasteiger partial charge < -0.3 is 10.2 Å². The predicted octanol–water partition coefficient (Wildman–Crippen LogP) is 5.54. The Balaban J connectivity index is 2.48. The van der Waals surface area contributed by atoms with Crippen LogP contribution < -0.4 is 0 Å². The van der Waals surface area contributed by atoms with E-state index in [0.717, 1.165) is 36.0 Å². The van der Waals surface area contributed by atoms with Crippen molar-refractivity contribution in [3.63, 3.8) is 0 Å². The third-order valence-corrected chi connectivity index (χ3v) is 4.71. The molecule has 24 heavy (non-hydrogen) atoms. The zero-order chi connectivity index (χ0) is 17.7. The molecule has 128 valence electrons. The Kier molecular flexibility index (Phi) is 6.02. The molecule has 0 aliphatic heterocycles. The van der Waals surface area contributed by atoms with Gasteiger partial charge in [-0.1, -0.05) is 70.0 Å². The molecule has 0 aromatic heterocycles. The quantitative estimate of drug-likeness (QED) is 0.702. The van der Waals surface area contributed by atoms with Crippen LogP contribution in [0.25, 0.3) is 0 Å². The van der Waals surface area contributed by atoms with E-state index >= 15 is 0 Å². The van der Waals surface area contributed by atoms with E-state index in [1.54, 1.807) is 6.07 Å². The van der Waals surface area contributed by atoms with Gasteiger partial charge in [0.25, 0.3) is 0 Å². The third kappa shape index (κ3) is 3.97. The fourth-order valence-corrected chi connectivity index (χ4v) is 3.07. The van der Waals surface area contributed by atoms with Crippen LogP contribution in [0.5, 0.6) is 5.75 Å². The number of carboxylic acids is 1. The van der Waals surface area contributed by atoms with E-state index in [9.17, 15) is 15.0 Å². The summed E-state index contributed by atoms with van der Waals surface area (Å²) in [5.41, 5.74) is 2.79. The summed E-state index contributed by atoms with van der Waals surface area (Å²) in [5.74, 6) is -0.971. The van der Waals surface area contributed by atoms with Crippen LogP contribution >= 0.6 is 0 Å². The van der Waals surface area contributed by atoms with Gasteiger partial charge in [0.05, 0.1) is 0 Å². The maximum Gasteiger partial charge on any atom is 0.339 e. The van der Waals surface area contributed by atoms with Gasteiger partial charge in [-0.15, -0.1) is 0 Å². The van der Waals surface area contributed by atoms with Crippen molar-refractivity contribution in [1.29, 1.82) is 0 Å². The van der Waals surface area contributed by atoms with E-state index < -0.39 is 5.97 Å². The molecule has 0 heterocycles. The van der Waals surface area contributed by atoms with Crippen molar-refractivity contribution >= 4 is 5.97 Å². The van der Waals surface area contributed by atoms with Crippen molar-refractivity contribution in [3.05, 3.63) is 64.7 Å². The van der Waals surface area contributed by atoms with Crippen LogP contribution in [0.3, 0.4) is 0 Å². The topological polar surface area (TPSA) is 57.5 Å². The molecule has 3 nitrogen and oxygen atoms in total. The minimum absolute atomic E-state index is 0.00590. The van der Waals surface area contributed by atoms with E-state index in [1.807, 2.05) is 43.3 Å². The number of phenols is 1. The molecule has 0 spiro atoms. The largest absolute Gasteiger partial charge is 0.507 e. The standard InChI is InChI=1S/C21H26O3/c1-4-5-9-14(2)18-12-17(13-19(20(18)22)21(23)24)15(3)16-10-7-6-8-11-16/h6-8,10-15,22H,4-5,9H2,1-3H3,(H,23,24). The number of aromatic carboxylic acids is 1. The Bertz CT molecular complexity index is 692. The van der Waals surface area contributed by atoms with Crippen LogP contribution in [-0.2, 0) is 0 Å². The number of benzene rings is 2. The molecule has 0 bridgehead atoms. The van der Waals surface area contributed by atoms with E-state index in [4.69, 9.17) is 0 Å². The first kappa shape index (κ1) is 18.1. The van der Waals surface area contributed by atoms with Gasteiger partial charge >= 0.3 is 5.97 Å². The van der Waals surface area contributed by atoms with Gasteiger partial charge in [-0.05, 0) is 35.1 Å². The van der Waals surface area contributed by atoms with Gasteiger partial charge in [-0.25, -0.2) is 4.79 Å². The van der Waals surface area contributed by atoms with Gasteiger partial charge in [0, 0.05) is 5.92 Å². The molecule has 0 fully saturated rings. The van der Waals surface area contributed by atoms with Crippen LogP contribution in [0.15, 0.2) is 42.5 Å². The molecule has 0 amide bonds. The van der Waals surface area contributed by atoms with E-state index in [0.29, 0.717) is 0 Å². The summed E-state index contributed by atoms with van der Waals surface area (Å²) >= 11 is 0. The summed E-state index contributed by atoms with van der Waals surface area (Å²) in [6.07, 6.45) is 3.07. The third-order valence-electron chi connectivity index (χ3n) is 4.71. The van der Waals surface area contributed by atoms with E-state index in [-0.39, 0.29) is 23.1 Å². The highest BCUT2D eigenvalue weighted by molar-refractivity contribution is 5.91. The van der Waals surface area contributed by atoms with Crippen LogP contribution in [0.1, 0.15) is 78.9 Å². The summed E-state index contributed by atoms with van der Waals surface area (Å²) in [6, 6.07) is 13.6. The maximum atomic E-state index is 11.6. The van der Waals surface area contributed by atoms with E-state index in [1.165, 1.54) is 0 Å². The zero-order valence-electron chi connectivity index (χ0n) is 14.6. The molecule has 0 radical (unpaired) electrons. The SMILES string of the molecule is CCCCC(C)c1cc(C(C)c2ccccc2)cc(C(=O)O)c1O. The molecular weight excluding hydrogens is 300 g/mol. The fourth-order valence-electron chi connectivity index (χ4n) is 3.07. The van der Waals surface area contributed by atoms with Crippen molar-refractivity contribution in [2.24, 2.45) is 0 Å². The number of hydrogen-bond donors (Lipinski definition) is 2. The molecular formula is C21H26O3. The van der Waals surface area contributed by atoms with Crippen LogP contribution in [0.4, 0.5) is 0 Å². The molecule has 0 aliphatic rings. The molecule has 0 saturated carbocycles. The van der Waals surface area contributed by atoms with E-state index in [2.05, 4.69) is 13.8 Å². The highest BCUT2D eigenvalue weighted by Gasteiger charge is 2.21. The first-order chi connectivity index (χ1) is 11.5. The van der Waals surface area contributed by atoms with Crippen LogP contribution in [0, 0.1) is 0 Å². The summed E-state index contributed by atoms with van der Waals surface area (Å²) in [6.45, 7) is 6.24. The number of unbranched alkanes of at least 4 members (excludes halogenated alkanes) is 1. The second kappa shape index (κ2) is 8.00. The number of rotatable bonds is 7. The van der Waals surface area contributed by atoms with Crippen molar-refractivity contribution < 1.29 is 15.0 Å². The summed E-state index contributed by atoms with van der Waals surface area (Å²) in [5, 5.41) is 19.9. The number of carbonyl (C=O) groups is 1. The second-order valence-corrected chi connectivity index (χ2v) is 6.49. The molecule has 2 N–H and O–H groups in total. The lowest BCUT2D eigenvalue weighted by Gasteiger charge is -2.20. The average Bonchev–Trinajstić information content (AvgIpc) is 2.59. The van der Waals surface area contributed by atoms with Crippen molar-refractivity contribution in [1.82, 2.24) is 0 Å². The molecule has 2 atom stereocenters. The van der Waals surface area contributed by atoms with Crippen molar-refractivity contribution in [3.8, 4) is 5.75 Å². The minimum Gasteiger partial charge on any atom is -0.507 e. The zero-order valence-corrected chi connectivity index (χ0v) is 14.6. The Morgan fingerprint density at radius 2 is 1.75 bits per heavy atom. The van der Waals surface area contributed by atoms with Gasteiger partial charge in [0.2, 0.25) is 0 Å². The maximum absolute atomic E-state index is 11.6. The molecule has 2 unspecified atom stereocenters. The first-order valence-electron chi connectivity index (χ1n) is 8.60. The molecule has 0 saturated heterocycles. The summed E-state index contributed by atoms with van der Waals surface area (Å²) in [4.78, 5) is 11.6. The lowest BCUT2D eigenvalue weighted by atomic mass is 9.86. The molecule has 3 heteroatoms. The number of carboxylic acid groups (broad SMARTS) is 1. The average molecular weight is 326 g/mol. The van der Waals surface area contributed by atoms with Crippen LogP contribution in [-0.4, -0.2) is 16.2 Å². The van der Waals surface area contributed by atoms with Crippen molar-refractivity contribution in [2.75, 3.05) is 0 Å². The second-order valence-electron chi connectivity index (χ2n) is 6.49. The molecule has 2 aromatic carbocycles. The smallest absolute Gasteiger partial charge is 0.339 e. The molecule has 0 aliphatic carbocycles. The number of aromatic hydroxyl groups is 1. The Hall–Kier alpha value is -2.29. The van der Waals surface area contributed by atoms with Gasteiger partial charge in [-0.3, -0.25) is 0 Å². The highest BCUT2D eigenvalue weighted by atomic mass is 16.4. The normalized spacial score (nSPS) is 13.5. The number of hydrogen-bond acceptors (Lipinski definition) is 2. The Labute approximate surface area is 144 Å². The lowest BCUT2D eigenvalue weighted by Crippen LogP contribution is -2.06. The molecule has 2 aromatic rings.